The average Bonchev–Trinajstić information content (AvgIpc) is 3.04. The van der Waals surface area contributed by atoms with Crippen molar-refractivity contribution in [3.63, 3.8) is 0 Å². The molecule has 0 fully saturated rings. The second kappa shape index (κ2) is 12.2. The number of carbonyl (C=O) groups excluding carboxylic acids is 2. The van der Waals surface area contributed by atoms with Gasteiger partial charge in [-0.05, 0) is 96.3 Å². The monoisotopic (exact) mass is 593 g/mol. The summed E-state index contributed by atoms with van der Waals surface area (Å²) in [7, 11) is 5.53. The Labute approximate surface area is 256 Å². The minimum atomic E-state index is -0.400. The molecule has 9 nitrogen and oxygen atoms in total. The van der Waals surface area contributed by atoms with Crippen molar-refractivity contribution in [3.8, 4) is 28.7 Å². The van der Waals surface area contributed by atoms with Crippen molar-refractivity contribution in [1.82, 2.24) is 10.2 Å². The molecule has 44 heavy (non-hydrogen) atoms. The molecular formula is C35H35N3O6. The molecule has 3 aliphatic heterocycles. The SMILES string of the molecule is COc1ccc2cc1OCCCNC(=O)c1cc(ccc1O)Oc1ccc3c(c1)CCN(C(=O)c1ccc(N(C)C)cc1)C23. The van der Waals surface area contributed by atoms with Crippen LogP contribution in [-0.2, 0) is 6.42 Å². The molecule has 0 aliphatic carbocycles. The van der Waals surface area contributed by atoms with Gasteiger partial charge in [-0.15, -0.1) is 0 Å². The molecule has 7 rings (SSSR count). The number of phenolic OH excluding ortho intramolecular Hbond substituents is 1. The van der Waals surface area contributed by atoms with Gasteiger partial charge in [-0.3, -0.25) is 9.59 Å². The van der Waals surface area contributed by atoms with Crippen LogP contribution in [-0.4, -0.2) is 62.7 Å². The summed E-state index contributed by atoms with van der Waals surface area (Å²) in [6.07, 6.45) is 1.16. The summed E-state index contributed by atoms with van der Waals surface area (Å²) in [6, 6.07) is 23.5. The summed E-state index contributed by atoms with van der Waals surface area (Å²) < 4.78 is 17.9. The molecule has 1 atom stereocenters. The Bertz CT molecular complexity index is 1700. The summed E-state index contributed by atoms with van der Waals surface area (Å²) in [4.78, 5) is 30.8. The van der Waals surface area contributed by atoms with E-state index in [2.05, 4.69) is 5.32 Å². The number of benzene rings is 4. The number of nitrogens with one attached hydrogen (secondary N) is 1. The van der Waals surface area contributed by atoms with Crippen molar-refractivity contribution < 1.29 is 28.9 Å². The van der Waals surface area contributed by atoms with Gasteiger partial charge in [0.05, 0.1) is 25.3 Å². The van der Waals surface area contributed by atoms with Crippen LogP contribution in [0.5, 0.6) is 28.7 Å². The van der Waals surface area contributed by atoms with E-state index < -0.39 is 5.91 Å². The van der Waals surface area contributed by atoms with E-state index >= 15 is 0 Å². The van der Waals surface area contributed by atoms with Gasteiger partial charge in [-0.2, -0.15) is 0 Å². The van der Waals surface area contributed by atoms with E-state index in [0.717, 1.165) is 22.4 Å². The second-order valence-electron chi connectivity index (χ2n) is 11.1. The molecule has 0 saturated heterocycles. The minimum Gasteiger partial charge on any atom is -0.507 e. The van der Waals surface area contributed by atoms with Gasteiger partial charge in [-0.1, -0.05) is 12.1 Å². The lowest BCUT2D eigenvalue weighted by atomic mass is 9.87. The molecule has 3 aliphatic rings. The maximum Gasteiger partial charge on any atom is 0.255 e. The summed E-state index contributed by atoms with van der Waals surface area (Å²) >= 11 is 0. The van der Waals surface area contributed by atoms with Gasteiger partial charge in [0, 0.05) is 38.4 Å². The smallest absolute Gasteiger partial charge is 0.255 e. The van der Waals surface area contributed by atoms with Gasteiger partial charge in [0.1, 0.15) is 17.2 Å². The third-order valence-corrected chi connectivity index (χ3v) is 8.05. The normalized spacial score (nSPS) is 16.1. The maximum absolute atomic E-state index is 14.1. The standard InChI is InChI=1S/C35H35N3O6/c1-37(2)25-8-5-22(6-9-25)35(41)38-17-15-23-19-26-10-12-28(23)33(38)24-7-14-31(42-3)32(20-24)43-18-4-16-36-34(40)29-21-27(44-26)11-13-30(29)39/h5-14,19-21,33,39H,4,15-18H2,1-3H3,(H,36,40). The van der Waals surface area contributed by atoms with E-state index in [9.17, 15) is 14.7 Å². The molecule has 2 amide bonds. The first-order valence-electron chi connectivity index (χ1n) is 14.6. The van der Waals surface area contributed by atoms with Crippen LogP contribution in [0.15, 0.2) is 78.9 Å². The van der Waals surface area contributed by atoms with Gasteiger partial charge in [0.15, 0.2) is 11.5 Å². The lowest BCUT2D eigenvalue weighted by molar-refractivity contribution is 0.0694. The molecule has 0 spiro atoms. The highest BCUT2D eigenvalue weighted by Gasteiger charge is 2.33. The summed E-state index contributed by atoms with van der Waals surface area (Å²) in [6.45, 7) is 1.16. The molecule has 0 saturated carbocycles. The minimum absolute atomic E-state index is 0.0564. The van der Waals surface area contributed by atoms with E-state index in [-0.39, 0.29) is 23.3 Å². The molecule has 0 aromatic heterocycles. The van der Waals surface area contributed by atoms with Crippen LogP contribution in [0.3, 0.4) is 0 Å². The largest absolute Gasteiger partial charge is 0.507 e. The van der Waals surface area contributed by atoms with Gasteiger partial charge < -0.3 is 34.4 Å². The number of amides is 2. The number of hydrogen-bond acceptors (Lipinski definition) is 7. The van der Waals surface area contributed by atoms with Gasteiger partial charge in [0.25, 0.3) is 11.8 Å². The third kappa shape index (κ3) is 5.73. The molecule has 8 bridgehead atoms. The number of aromatic hydroxyl groups is 1. The number of rotatable bonds is 3. The van der Waals surface area contributed by atoms with E-state index in [1.165, 1.54) is 12.1 Å². The topological polar surface area (TPSA) is 101 Å². The van der Waals surface area contributed by atoms with E-state index in [1.54, 1.807) is 13.2 Å². The van der Waals surface area contributed by atoms with Crippen molar-refractivity contribution in [3.05, 3.63) is 107 Å². The molecule has 3 heterocycles. The van der Waals surface area contributed by atoms with Crippen LogP contribution >= 0.6 is 0 Å². The molecule has 4 aromatic carbocycles. The Balaban J connectivity index is 1.44. The Morgan fingerprint density at radius 3 is 2.55 bits per heavy atom. The number of phenols is 1. The van der Waals surface area contributed by atoms with E-state index in [0.29, 0.717) is 61.1 Å². The number of carbonyl (C=O) groups is 2. The number of fused-ring (bicyclic) bond motifs is 6. The van der Waals surface area contributed by atoms with Crippen molar-refractivity contribution in [2.24, 2.45) is 0 Å². The highest BCUT2D eigenvalue weighted by Crippen LogP contribution is 2.41. The Hall–Kier alpha value is -5.18. The zero-order valence-corrected chi connectivity index (χ0v) is 25.0. The summed E-state index contributed by atoms with van der Waals surface area (Å²) in [5.74, 6) is 1.57. The molecule has 9 heteroatoms. The second-order valence-corrected chi connectivity index (χ2v) is 11.1. The van der Waals surface area contributed by atoms with Crippen LogP contribution < -0.4 is 24.4 Å². The number of hydrogen-bond donors (Lipinski definition) is 2. The highest BCUT2D eigenvalue weighted by atomic mass is 16.5. The lowest BCUT2D eigenvalue weighted by Crippen LogP contribution is -2.40. The molecule has 1 unspecified atom stereocenters. The molecule has 2 N–H and O–H groups in total. The van der Waals surface area contributed by atoms with Crippen LogP contribution in [0.4, 0.5) is 5.69 Å². The molecule has 226 valence electrons. The predicted molar refractivity (Wildman–Crippen MR) is 167 cm³/mol. The fourth-order valence-corrected chi connectivity index (χ4v) is 5.74. The number of methoxy groups -OCH3 is 1. The van der Waals surface area contributed by atoms with Crippen LogP contribution in [0.1, 0.15) is 49.9 Å². The number of anilines is 1. The van der Waals surface area contributed by atoms with Crippen molar-refractivity contribution >= 4 is 17.5 Å². The quantitative estimate of drug-likeness (QED) is 0.321. The van der Waals surface area contributed by atoms with Crippen molar-refractivity contribution in [2.45, 2.75) is 18.9 Å². The van der Waals surface area contributed by atoms with Gasteiger partial charge in [-0.25, -0.2) is 0 Å². The van der Waals surface area contributed by atoms with Crippen molar-refractivity contribution in [2.75, 3.05) is 45.8 Å². The van der Waals surface area contributed by atoms with Gasteiger partial charge in [0.2, 0.25) is 0 Å². The van der Waals surface area contributed by atoms with Crippen LogP contribution in [0, 0.1) is 0 Å². The maximum atomic E-state index is 14.1. The lowest BCUT2D eigenvalue weighted by Gasteiger charge is -2.38. The zero-order valence-electron chi connectivity index (χ0n) is 25.0. The fraction of sp³-hybridized carbons (Fsp3) is 0.257. The number of ether oxygens (including phenoxy) is 3. The van der Waals surface area contributed by atoms with Crippen LogP contribution in [0.2, 0.25) is 0 Å². The first kappa shape index (κ1) is 28.9. The Morgan fingerprint density at radius 2 is 1.77 bits per heavy atom. The Kier molecular flexibility index (Phi) is 8.02. The molecule has 0 radical (unpaired) electrons. The first-order chi connectivity index (χ1) is 21.3. The summed E-state index contributed by atoms with van der Waals surface area (Å²) in [5.41, 5.74) is 4.71. The first-order valence-corrected chi connectivity index (χ1v) is 14.6. The predicted octanol–water partition coefficient (Wildman–Crippen LogP) is 5.56. The molecular weight excluding hydrogens is 558 g/mol. The average molecular weight is 594 g/mol. The van der Waals surface area contributed by atoms with Crippen LogP contribution in [0.25, 0.3) is 0 Å². The number of nitrogens with zero attached hydrogens (tertiary/aromatic N) is 2. The zero-order chi connectivity index (χ0) is 30.8. The molecule has 4 aromatic rings. The van der Waals surface area contributed by atoms with Crippen molar-refractivity contribution in [1.29, 1.82) is 0 Å². The van der Waals surface area contributed by atoms with E-state index in [4.69, 9.17) is 14.2 Å². The van der Waals surface area contributed by atoms with Gasteiger partial charge >= 0.3 is 0 Å². The summed E-state index contributed by atoms with van der Waals surface area (Å²) in [5, 5.41) is 13.2. The van der Waals surface area contributed by atoms with E-state index in [1.807, 2.05) is 84.6 Å². The third-order valence-electron chi connectivity index (χ3n) is 8.05. The fourth-order valence-electron chi connectivity index (χ4n) is 5.74. The highest BCUT2D eigenvalue weighted by molar-refractivity contribution is 5.97. The Morgan fingerprint density at radius 1 is 1.00 bits per heavy atom.